The molecule has 0 aromatic heterocycles. The molecule has 0 heterocycles. The topological polar surface area (TPSA) is 64.6 Å². The third-order valence-corrected chi connectivity index (χ3v) is 4.46. The van der Waals surface area contributed by atoms with Gasteiger partial charge < -0.3 is 14.8 Å². The summed E-state index contributed by atoms with van der Waals surface area (Å²) in [5.41, 5.74) is 2.15. The second-order valence-corrected chi connectivity index (χ2v) is 6.81. The highest BCUT2D eigenvalue weighted by Crippen LogP contribution is 2.27. The molecule has 0 aliphatic heterocycles. The summed E-state index contributed by atoms with van der Waals surface area (Å²) in [6, 6.07) is 14.7. The minimum Gasteiger partial charge on any atom is -0.481 e. The van der Waals surface area contributed by atoms with Gasteiger partial charge in [-0.15, -0.1) is 6.42 Å². The van der Waals surface area contributed by atoms with E-state index in [4.69, 9.17) is 15.9 Å². The molecule has 3 rings (SSSR count). The van der Waals surface area contributed by atoms with Crippen LogP contribution in [0.25, 0.3) is 6.08 Å². The first-order valence-corrected chi connectivity index (χ1v) is 9.51. The molecule has 2 aromatic rings. The van der Waals surface area contributed by atoms with Crippen LogP contribution in [0.2, 0.25) is 0 Å². The van der Waals surface area contributed by atoms with E-state index in [1.54, 1.807) is 43.3 Å². The number of esters is 1. The summed E-state index contributed by atoms with van der Waals surface area (Å²) in [6.45, 7) is 1.92. The fourth-order valence-electron chi connectivity index (χ4n) is 2.75. The van der Waals surface area contributed by atoms with E-state index >= 15 is 0 Å². The fraction of sp³-hybridized carbons (Fsp3) is 0.250. The molecule has 1 amide bonds. The van der Waals surface area contributed by atoms with Crippen molar-refractivity contribution in [3.8, 4) is 18.1 Å². The number of para-hydroxylation sites is 1. The summed E-state index contributed by atoms with van der Waals surface area (Å²) in [5, 5.41) is 2.94. The molecular formula is C24H23NO4. The average molecular weight is 389 g/mol. The van der Waals surface area contributed by atoms with Crippen LogP contribution >= 0.6 is 0 Å². The molecule has 0 saturated heterocycles. The normalized spacial score (nSPS) is 14.1. The second-order valence-electron chi connectivity index (χ2n) is 6.81. The standard InChI is InChI=1S/C24H23NO4/c1-3-16-28-22-7-5-4-6-21(22)17(2)29-23(26)15-10-18-8-11-19(12-9-18)24(27)25-20-13-14-20/h1,4-12,15,17,20H,13-14,16H2,2H3,(H,25,27)/b15-10+. The Morgan fingerprint density at radius 2 is 1.93 bits per heavy atom. The monoisotopic (exact) mass is 389 g/mol. The van der Waals surface area contributed by atoms with Crippen molar-refractivity contribution in [3.05, 3.63) is 71.3 Å². The molecule has 1 atom stereocenters. The first kappa shape index (κ1) is 20.2. The molecule has 1 aliphatic rings. The number of hydrogen-bond donors (Lipinski definition) is 1. The summed E-state index contributed by atoms with van der Waals surface area (Å²) >= 11 is 0. The average Bonchev–Trinajstić information content (AvgIpc) is 3.55. The van der Waals surface area contributed by atoms with Gasteiger partial charge in [0, 0.05) is 23.2 Å². The lowest BCUT2D eigenvalue weighted by molar-refractivity contribution is -0.142. The Bertz CT molecular complexity index is 936. The largest absolute Gasteiger partial charge is 0.481 e. The van der Waals surface area contributed by atoms with Gasteiger partial charge in [-0.1, -0.05) is 36.3 Å². The first-order chi connectivity index (χ1) is 14.1. The number of amides is 1. The lowest BCUT2D eigenvalue weighted by atomic mass is 10.1. The van der Waals surface area contributed by atoms with Gasteiger partial charge in [0.1, 0.15) is 18.5 Å². The number of carbonyl (C=O) groups is 2. The maximum Gasteiger partial charge on any atom is 0.331 e. The molecule has 1 N–H and O–H groups in total. The summed E-state index contributed by atoms with van der Waals surface area (Å²) in [5.74, 6) is 2.47. The number of terminal acetylenes is 1. The SMILES string of the molecule is C#CCOc1ccccc1C(C)OC(=O)/C=C/c1ccc(C(=O)NC2CC2)cc1. The van der Waals surface area contributed by atoms with E-state index in [2.05, 4.69) is 11.2 Å². The van der Waals surface area contributed by atoms with Gasteiger partial charge in [-0.2, -0.15) is 0 Å². The summed E-state index contributed by atoms with van der Waals surface area (Å²) in [4.78, 5) is 24.2. The summed E-state index contributed by atoms with van der Waals surface area (Å²) in [7, 11) is 0. The van der Waals surface area contributed by atoms with Gasteiger partial charge in [0.05, 0.1) is 0 Å². The van der Waals surface area contributed by atoms with Gasteiger partial charge >= 0.3 is 5.97 Å². The molecule has 0 bridgehead atoms. The zero-order chi connectivity index (χ0) is 20.6. The third-order valence-electron chi connectivity index (χ3n) is 4.46. The van der Waals surface area contributed by atoms with Crippen molar-refractivity contribution in [2.45, 2.75) is 31.9 Å². The number of hydrogen-bond acceptors (Lipinski definition) is 4. The molecular weight excluding hydrogens is 366 g/mol. The van der Waals surface area contributed by atoms with Crippen LogP contribution in [0.3, 0.4) is 0 Å². The van der Waals surface area contributed by atoms with Gasteiger partial charge in [0.25, 0.3) is 5.91 Å². The molecule has 29 heavy (non-hydrogen) atoms. The van der Waals surface area contributed by atoms with Crippen LogP contribution in [-0.2, 0) is 9.53 Å². The van der Waals surface area contributed by atoms with Crippen molar-refractivity contribution >= 4 is 18.0 Å². The Morgan fingerprint density at radius 3 is 2.62 bits per heavy atom. The Morgan fingerprint density at radius 1 is 1.21 bits per heavy atom. The van der Waals surface area contributed by atoms with Gasteiger partial charge in [-0.25, -0.2) is 4.79 Å². The predicted octanol–water partition coefficient (Wildman–Crippen LogP) is 3.91. The highest BCUT2D eigenvalue weighted by atomic mass is 16.5. The van der Waals surface area contributed by atoms with Crippen LogP contribution in [0.15, 0.2) is 54.6 Å². The molecule has 1 aliphatic carbocycles. The number of ether oxygens (including phenoxy) is 2. The van der Waals surface area contributed by atoms with Crippen LogP contribution in [0.1, 0.15) is 47.4 Å². The maximum absolute atomic E-state index is 12.2. The Labute approximate surface area is 170 Å². The highest BCUT2D eigenvalue weighted by Gasteiger charge is 2.23. The number of rotatable bonds is 8. The van der Waals surface area contributed by atoms with Gasteiger partial charge in [0.2, 0.25) is 0 Å². The van der Waals surface area contributed by atoms with E-state index in [1.807, 2.05) is 18.2 Å². The molecule has 2 aromatic carbocycles. The predicted molar refractivity (Wildman–Crippen MR) is 111 cm³/mol. The third kappa shape index (κ3) is 5.98. The van der Waals surface area contributed by atoms with E-state index in [-0.39, 0.29) is 12.5 Å². The Hall–Kier alpha value is -3.52. The number of carbonyl (C=O) groups excluding carboxylic acids is 2. The van der Waals surface area contributed by atoms with E-state index in [0.717, 1.165) is 24.0 Å². The van der Waals surface area contributed by atoms with Crippen molar-refractivity contribution in [2.24, 2.45) is 0 Å². The van der Waals surface area contributed by atoms with Crippen molar-refractivity contribution < 1.29 is 19.1 Å². The Balaban J connectivity index is 1.56. The molecule has 1 saturated carbocycles. The van der Waals surface area contributed by atoms with E-state index < -0.39 is 12.1 Å². The molecule has 0 spiro atoms. The number of nitrogens with one attached hydrogen (secondary N) is 1. The lowest BCUT2D eigenvalue weighted by Crippen LogP contribution is -2.25. The van der Waals surface area contributed by atoms with E-state index in [9.17, 15) is 9.59 Å². The molecule has 5 heteroatoms. The first-order valence-electron chi connectivity index (χ1n) is 9.51. The minimum absolute atomic E-state index is 0.0676. The van der Waals surface area contributed by atoms with Crippen molar-refractivity contribution in [1.82, 2.24) is 5.32 Å². The fourth-order valence-corrected chi connectivity index (χ4v) is 2.75. The van der Waals surface area contributed by atoms with Crippen molar-refractivity contribution in [2.75, 3.05) is 6.61 Å². The minimum atomic E-state index is -0.491. The van der Waals surface area contributed by atoms with Crippen LogP contribution < -0.4 is 10.1 Å². The number of benzene rings is 2. The van der Waals surface area contributed by atoms with Gasteiger partial charge in [0.15, 0.2) is 0 Å². The molecule has 5 nitrogen and oxygen atoms in total. The highest BCUT2D eigenvalue weighted by molar-refractivity contribution is 5.95. The molecule has 1 unspecified atom stereocenters. The van der Waals surface area contributed by atoms with Gasteiger partial charge in [-0.05, 0) is 49.6 Å². The summed E-state index contributed by atoms with van der Waals surface area (Å²) < 4.78 is 11.0. The van der Waals surface area contributed by atoms with Crippen LogP contribution in [0.5, 0.6) is 5.75 Å². The van der Waals surface area contributed by atoms with Crippen molar-refractivity contribution in [1.29, 1.82) is 0 Å². The van der Waals surface area contributed by atoms with E-state index in [0.29, 0.717) is 17.4 Å². The second kappa shape index (κ2) is 9.61. The zero-order valence-electron chi connectivity index (χ0n) is 16.3. The van der Waals surface area contributed by atoms with E-state index in [1.165, 1.54) is 6.08 Å². The molecule has 0 radical (unpaired) electrons. The van der Waals surface area contributed by atoms with Crippen LogP contribution in [0.4, 0.5) is 0 Å². The summed E-state index contributed by atoms with van der Waals surface area (Å²) in [6.07, 6.45) is 9.86. The van der Waals surface area contributed by atoms with Gasteiger partial charge in [-0.3, -0.25) is 4.79 Å². The van der Waals surface area contributed by atoms with Crippen LogP contribution in [-0.4, -0.2) is 24.5 Å². The maximum atomic E-state index is 12.2. The zero-order valence-corrected chi connectivity index (χ0v) is 16.3. The molecule has 148 valence electrons. The smallest absolute Gasteiger partial charge is 0.331 e. The van der Waals surface area contributed by atoms with Crippen LogP contribution in [0, 0.1) is 12.3 Å². The quantitative estimate of drug-likeness (QED) is 0.422. The molecule has 1 fully saturated rings. The Kier molecular flexibility index (Phi) is 6.70. The van der Waals surface area contributed by atoms with Crippen molar-refractivity contribution in [3.63, 3.8) is 0 Å². The lowest BCUT2D eigenvalue weighted by Gasteiger charge is -2.16.